The van der Waals surface area contributed by atoms with E-state index in [1.165, 1.54) is 29.8 Å². The van der Waals surface area contributed by atoms with Gasteiger partial charge in [-0.2, -0.15) is 0 Å². The predicted molar refractivity (Wildman–Crippen MR) is 66.0 cm³/mol. The van der Waals surface area contributed by atoms with Crippen LogP contribution < -0.4 is 5.32 Å². The van der Waals surface area contributed by atoms with Gasteiger partial charge in [0.25, 0.3) is 0 Å². The second-order valence-electron chi connectivity index (χ2n) is 6.02. The summed E-state index contributed by atoms with van der Waals surface area (Å²) in [5.74, 6) is 0. The van der Waals surface area contributed by atoms with E-state index in [1.807, 2.05) is 0 Å². The van der Waals surface area contributed by atoms with Crippen molar-refractivity contribution in [2.45, 2.75) is 33.5 Å². The molecular formula is C14H20N2. The van der Waals surface area contributed by atoms with Crippen LogP contribution in [0.15, 0.2) is 18.2 Å². The summed E-state index contributed by atoms with van der Waals surface area (Å²) in [4.78, 5) is 2.53. The fraction of sp³-hybridized carbons (Fsp3) is 0.571. The third kappa shape index (κ3) is 1.87. The van der Waals surface area contributed by atoms with Crippen molar-refractivity contribution in [3.05, 3.63) is 34.9 Å². The van der Waals surface area contributed by atoms with Gasteiger partial charge in [0.05, 0.1) is 0 Å². The van der Waals surface area contributed by atoms with Crippen LogP contribution in [0.4, 0.5) is 0 Å². The van der Waals surface area contributed by atoms with E-state index in [0.717, 1.165) is 19.6 Å². The minimum absolute atomic E-state index is 0.540. The predicted octanol–water partition coefficient (Wildman–Crippen LogP) is 2.13. The Labute approximate surface area is 97.6 Å². The lowest BCUT2D eigenvalue weighted by Gasteiger charge is -2.46. The van der Waals surface area contributed by atoms with Gasteiger partial charge in [0.2, 0.25) is 0 Å². The average Bonchev–Trinajstić information content (AvgIpc) is 2.61. The third-order valence-corrected chi connectivity index (χ3v) is 3.61. The second-order valence-corrected chi connectivity index (χ2v) is 6.02. The maximum Gasteiger partial charge on any atom is 0.0234 e. The van der Waals surface area contributed by atoms with Crippen molar-refractivity contribution in [3.63, 3.8) is 0 Å². The largest absolute Gasteiger partial charge is 0.309 e. The molecule has 0 radical (unpaired) electrons. The maximum absolute atomic E-state index is 3.40. The van der Waals surface area contributed by atoms with Gasteiger partial charge in [-0.15, -0.1) is 0 Å². The Balaban J connectivity index is 1.67. The van der Waals surface area contributed by atoms with E-state index in [1.54, 1.807) is 0 Å². The smallest absolute Gasteiger partial charge is 0.0234 e. The quantitative estimate of drug-likeness (QED) is 0.814. The highest BCUT2D eigenvalue weighted by molar-refractivity contribution is 5.34. The van der Waals surface area contributed by atoms with E-state index in [9.17, 15) is 0 Å². The summed E-state index contributed by atoms with van der Waals surface area (Å²) in [6.07, 6.45) is 0. The van der Waals surface area contributed by atoms with Crippen LogP contribution in [0.2, 0.25) is 0 Å². The molecule has 1 saturated heterocycles. The summed E-state index contributed by atoms with van der Waals surface area (Å²) in [7, 11) is 0. The average molecular weight is 216 g/mol. The van der Waals surface area contributed by atoms with Crippen LogP contribution in [0, 0.1) is 5.41 Å². The van der Waals surface area contributed by atoms with Gasteiger partial charge in [0.1, 0.15) is 0 Å². The van der Waals surface area contributed by atoms with Crippen molar-refractivity contribution < 1.29 is 0 Å². The van der Waals surface area contributed by atoms with Gasteiger partial charge < -0.3 is 5.32 Å². The first-order valence-electron chi connectivity index (χ1n) is 6.16. The molecule has 1 fully saturated rings. The van der Waals surface area contributed by atoms with Crippen molar-refractivity contribution in [2.75, 3.05) is 13.1 Å². The highest BCUT2D eigenvalue weighted by atomic mass is 15.2. The summed E-state index contributed by atoms with van der Waals surface area (Å²) in [6.45, 7) is 10.4. The Hall–Kier alpha value is -0.860. The molecule has 0 saturated carbocycles. The Bertz CT molecular complexity index is 401. The molecular weight excluding hydrogens is 196 g/mol. The Morgan fingerprint density at radius 3 is 2.69 bits per heavy atom. The summed E-state index contributed by atoms with van der Waals surface area (Å²) in [5, 5.41) is 3.40. The van der Waals surface area contributed by atoms with Crippen molar-refractivity contribution >= 4 is 0 Å². The van der Waals surface area contributed by atoms with Crippen LogP contribution in [0.3, 0.4) is 0 Å². The van der Waals surface area contributed by atoms with Crippen molar-refractivity contribution in [2.24, 2.45) is 5.41 Å². The number of hydrogen-bond acceptors (Lipinski definition) is 2. The first kappa shape index (κ1) is 10.3. The van der Waals surface area contributed by atoms with Gasteiger partial charge in [-0.1, -0.05) is 32.0 Å². The zero-order valence-electron chi connectivity index (χ0n) is 10.2. The number of likely N-dealkylation sites (tertiary alicyclic amines) is 1. The molecule has 2 aliphatic heterocycles. The fourth-order valence-corrected chi connectivity index (χ4v) is 2.98. The van der Waals surface area contributed by atoms with Crippen molar-refractivity contribution in [1.82, 2.24) is 10.2 Å². The van der Waals surface area contributed by atoms with Crippen molar-refractivity contribution in [1.29, 1.82) is 0 Å². The Kier molecular flexibility index (Phi) is 2.30. The van der Waals surface area contributed by atoms with Gasteiger partial charge in [-0.05, 0) is 22.1 Å². The monoisotopic (exact) mass is 216 g/mol. The van der Waals surface area contributed by atoms with Gasteiger partial charge in [0.15, 0.2) is 0 Å². The van der Waals surface area contributed by atoms with Crippen LogP contribution in [-0.4, -0.2) is 18.0 Å². The minimum Gasteiger partial charge on any atom is -0.309 e. The van der Waals surface area contributed by atoms with Gasteiger partial charge in [0, 0.05) is 32.7 Å². The van der Waals surface area contributed by atoms with E-state index < -0.39 is 0 Å². The first-order chi connectivity index (χ1) is 7.62. The molecule has 0 unspecified atom stereocenters. The molecule has 0 amide bonds. The SMILES string of the molecule is CC1(C)CN(Cc2ccc3c(c2)CNC3)C1. The summed E-state index contributed by atoms with van der Waals surface area (Å²) in [6, 6.07) is 6.95. The van der Waals surface area contributed by atoms with Crippen LogP contribution in [0.5, 0.6) is 0 Å². The van der Waals surface area contributed by atoms with Crippen LogP contribution in [-0.2, 0) is 19.6 Å². The molecule has 2 nitrogen and oxygen atoms in total. The number of nitrogens with one attached hydrogen (secondary N) is 1. The topological polar surface area (TPSA) is 15.3 Å². The molecule has 1 N–H and O–H groups in total. The molecule has 3 rings (SSSR count). The number of rotatable bonds is 2. The summed E-state index contributed by atoms with van der Waals surface area (Å²) >= 11 is 0. The highest BCUT2D eigenvalue weighted by Crippen LogP contribution is 2.30. The van der Waals surface area contributed by atoms with E-state index in [2.05, 4.69) is 42.3 Å². The van der Waals surface area contributed by atoms with Gasteiger partial charge in [-0.3, -0.25) is 4.90 Å². The number of nitrogens with zero attached hydrogens (tertiary/aromatic N) is 1. The normalized spacial score (nSPS) is 22.9. The molecule has 0 atom stereocenters. The highest BCUT2D eigenvalue weighted by Gasteiger charge is 2.33. The molecule has 2 aliphatic rings. The molecule has 1 aromatic rings. The zero-order valence-corrected chi connectivity index (χ0v) is 10.2. The van der Waals surface area contributed by atoms with Crippen LogP contribution >= 0.6 is 0 Å². The Morgan fingerprint density at radius 1 is 1.19 bits per heavy atom. The molecule has 0 bridgehead atoms. The molecule has 1 aromatic carbocycles. The molecule has 16 heavy (non-hydrogen) atoms. The molecule has 0 spiro atoms. The third-order valence-electron chi connectivity index (χ3n) is 3.61. The lowest BCUT2D eigenvalue weighted by atomic mass is 9.84. The van der Waals surface area contributed by atoms with E-state index in [-0.39, 0.29) is 0 Å². The van der Waals surface area contributed by atoms with Gasteiger partial charge >= 0.3 is 0 Å². The van der Waals surface area contributed by atoms with Crippen molar-refractivity contribution in [3.8, 4) is 0 Å². The molecule has 0 aliphatic carbocycles. The van der Waals surface area contributed by atoms with E-state index in [4.69, 9.17) is 0 Å². The molecule has 2 heterocycles. The maximum atomic E-state index is 3.40. The number of hydrogen-bond donors (Lipinski definition) is 1. The lowest BCUT2D eigenvalue weighted by molar-refractivity contribution is 0.0242. The van der Waals surface area contributed by atoms with E-state index >= 15 is 0 Å². The second kappa shape index (κ2) is 3.57. The first-order valence-corrected chi connectivity index (χ1v) is 6.16. The van der Waals surface area contributed by atoms with E-state index in [0.29, 0.717) is 5.41 Å². The summed E-state index contributed by atoms with van der Waals surface area (Å²) in [5.41, 5.74) is 4.99. The van der Waals surface area contributed by atoms with Crippen LogP contribution in [0.1, 0.15) is 30.5 Å². The fourth-order valence-electron chi connectivity index (χ4n) is 2.98. The van der Waals surface area contributed by atoms with Crippen LogP contribution in [0.25, 0.3) is 0 Å². The number of fused-ring (bicyclic) bond motifs is 1. The zero-order chi connectivity index (χ0) is 11.2. The Morgan fingerprint density at radius 2 is 1.94 bits per heavy atom. The molecule has 86 valence electrons. The standard InChI is InChI=1S/C14H20N2/c1-14(2)9-16(10-14)8-11-3-4-12-6-15-7-13(12)5-11/h3-5,15H,6-10H2,1-2H3. The molecule has 2 heteroatoms. The van der Waals surface area contributed by atoms with Gasteiger partial charge in [-0.25, -0.2) is 0 Å². The number of benzene rings is 1. The molecule has 0 aromatic heterocycles. The summed E-state index contributed by atoms with van der Waals surface area (Å²) < 4.78 is 0. The minimum atomic E-state index is 0.540. The lowest BCUT2D eigenvalue weighted by Crippen LogP contribution is -2.52.